The number of nitrogens with zero attached hydrogens (tertiary/aromatic N) is 4. The fourth-order valence-corrected chi connectivity index (χ4v) is 2.33. The first-order chi connectivity index (χ1) is 10.8. The summed E-state index contributed by atoms with van der Waals surface area (Å²) in [6, 6.07) is 6.72. The molecule has 4 rings (SSSR count). The Morgan fingerprint density at radius 1 is 1.27 bits per heavy atom. The number of pyridine rings is 1. The minimum Gasteiger partial charge on any atom is -0.493 e. The smallest absolute Gasteiger partial charge is 0.230 e. The third kappa shape index (κ3) is 1.74. The third-order valence-corrected chi connectivity index (χ3v) is 3.35. The van der Waals surface area contributed by atoms with Gasteiger partial charge in [-0.25, -0.2) is 10.1 Å². The normalized spacial score (nSPS) is 11.1. The van der Waals surface area contributed by atoms with E-state index in [0.717, 1.165) is 0 Å². The van der Waals surface area contributed by atoms with Gasteiger partial charge in [-0.1, -0.05) is 0 Å². The van der Waals surface area contributed by atoms with Crippen LogP contribution in [0.3, 0.4) is 0 Å². The Balaban J connectivity index is 2.15. The van der Waals surface area contributed by atoms with Gasteiger partial charge in [0.15, 0.2) is 17.2 Å². The van der Waals surface area contributed by atoms with E-state index in [-0.39, 0.29) is 11.1 Å². The summed E-state index contributed by atoms with van der Waals surface area (Å²) in [4.78, 5) is 16.7. The van der Waals surface area contributed by atoms with Crippen LogP contribution < -0.4 is 10.2 Å². The van der Waals surface area contributed by atoms with Crippen molar-refractivity contribution in [1.82, 2.24) is 25.6 Å². The monoisotopic (exact) mass is 295 g/mol. The summed E-state index contributed by atoms with van der Waals surface area (Å²) in [6.07, 6.45) is 1.57. The van der Waals surface area contributed by atoms with Gasteiger partial charge in [-0.2, -0.15) is 0 Å². The van der Waals surface area contributed by atoms with E-state index < -0.39 is 0 Å². The Kier molecular flexibility index (Phi) is 2.62. The fourth-order valence-electron chi connectivity index (χ4n) is 2.33. The molecule has 22 heavy (non-hydrogen) atoms. The third-order valence-electron chi connectivity index (χ3n) is 3.35. The van der Waals surface area contributed by atoms with Gasteiger partial charge >= 0.3 is 0 Å². The van der Waals surface area contributed by atoms with Crippen LogP contribution in [0.15, 0.2) is 39.7 Å². The lowest BCUT2D eigenvalue weighted by atomic mass is 10.1. The quantitative estimate of drug-likeness (QED) is 0.559. The van der Waals surface area contributed by atoms with Crippen LogP contribution in [0.25, 0.3) is 33.5 Å². The summed E-state index contributed by atoms with van der Waals surface area (Å²) in [5.74, 6) is 0.847. The number of hydrogen-bond acceptors (Lipinski definition) is 7. The molecule has 0 fully saturated rings. The zero-order chi connectivity index (χ0) is 15.1. The van der Waals surface area contributed by atoms with Crippen molar-refractivity contribution in [3.05, 3.63) is 40.7 Å². The number of methoxy groups -OCH3 is 1. The van der Waals surface area contributed by atoms with Gasteiger partial charge in [0.25, 0.3) is 0 Å². The Bertz CT molecular complexity index is 1040. The molecule has 0 aliphatic carbocycles. The molecule has 3 aromatic heterocycles. The van der Waals surface area contributed by atoms with Gasteiger partial charge in [-0.15, -0.1) is 5.10 Å². The van der Waals surface area contributed by atoms with E-state index in [1.807, 2.05) is 0 Å². The summed E-state index contributed by atoms with van der Waals surface area (Å²) in [5, 5.41) is 14.4. The number of fused-ring (bicyclic) bond motifs is 2. The molecule has 0 unspecified atom stereocenters. The van der Waals surface area contributed by atoms with Gasteiger partial charge in [0.2, 0.25) is 11.1 Å². The summed E-state index contributed by atoms with van der Waals surface area (Å²) in [7, 11) is 1.50. The first-order valence-corrected chi connectivity index (χ1v) is 6.41. The van der Waals surface area contributed by atoms with Crippen molar-refractivity contribution in [2.45, 2.75) is 0 Å². The summed E-state index contributed by atoms with van der Waals surface area (Å²) < 4.78 is 11.1. The maximum Gasteiger partial charge on any atom is 0.230 e. The number of benzene rings is 1. The first-order valence-electron chi connectivity index (χ1n) is 6.41. The molecule has 0 atom stereocenters. The highest BCUT2D eigenvalue weighted by atomic mass is 16.5. The predicted octanol–water partition coefficient (Wildman–Crippen LogP) is 1.53. The molecule has 8 heteroatoms. The van der Waals surface area contributed by atoms with Crippen LogP contribution in [0.5, 0.6) is 5.75 Å². The maximum atomic E-state index is 12.7. The Morgan fingerprint density at radius 3 is 2.95 bits per heavy atom. The van der Waals surface area contributed by atoms with Crippen LogP contribution in [-0.2, 0) is 0 Å². The number of H-pyrrole nitrogens is 1. The molecule has 1 N–H and O–H groups in total. The summed E-state index contributed by atoms with van der Waals surface area (Å²) in [5.41, 5.74) is 1.06. The second-order valence-corrected chi connectivity index (χ2v) is 4.59. The van der Waals surface area contributed by atoms with Crippen LogP contribution >= 0.6 is 0 Å². The van der Waals surface area contributed by atoms with Gasteiger partial charge in [0, 0.05) is 11.8 Å². The van der Waals surface area contributed by atoms with Gasteiger partial charge in [-0.05, 0) is 34.7 Å². The van der Waals surface area contributed by atoms with Crippen molar-refractivity contribution in [2.24, 2.45) is 0 Å². The SMILES string of the molecule is COc1cc(-c2nnn[nH]2)cc2c(=O)c3cccnc3oc12. The van der Waals surface area contributed by atoms with E-state index in [1.165, 1.54) is 7.11 Å². The minimum absolute atomic E-state index is 0.183. The van der Waals surface area contributed by atoms with Crippen molar-refractivity contribution in [2.75, 3.05) is 7.11 Å². The second kappa shape index (κ2) is 4.62. The van der Waals surface area contributed by atoms with Gasteiger partial charge in [0.05, 0.1) is 17.9 Å². The first kappa shape index (κ1) is 12.5. The highest BCUT2D eigenvalue weighted by Crippen LogP contribution is 2.31. The highest BCUT2D eigenvalue weighted by molar-refractivity contribution is 5.93. The van der Waals surface area contributed by atoms with Crippen molar-refractivity contribution in [1.29, 1.82) is 0 Å². The zero-order valence-corrected chi connectivity index (χ0v) is 11.4. The van der Waals surface area contributed by atoms with E-state index in [4.69, 9.17) is 9.15 Å². The molecular formula is C14H9N5O3. The molecule has 0 spiro atoms. The summed E-state index contributed by atoms with van der Waals surface area (Å²) >= 11 is 0. The molecular weight excluding hydrogens is 286 g/mol. The Morgan fingerprint density at radius 2 is 2.18 bits per heavy atom. The van der Waals surface area contributed by atoms with Crippen LogP contribution in [0.1, 0.15) is 0 Å². The molecule has 0 bridgehead atoms. The number of aromatic amines is 1. The fraction of sp³-hybridized carbons (Fsp3) is 0.0714. The van der Waals surface area contributed by atoms with Crippen LogP contribution in [0, 0.1) is 0 Å². The number of hydrogen-bond donors (Lipinski definition) is 1. The van der Waals surface area contributed by atoms with E-state index in [0.29, 0.717) is 33.5 Å². The lowest BCUT2D eigenvalue weighted by Crippen LogP contribution is -2.04. The van der Waals surface area contributed by atoms with Crippen molar-refractivity contribution < 1.29 is 9.15 Å². The molecule has 4 aromatic rings. The lowest BCUT2D eigenvalue weighted by Gasteiger charge is -2.07. The van der Waals surface area contributed by atoms with Crippen molar-refractivity contribution >= 4 is 22.1 Å². The molecule has 1 aromatic carbocycles. The number of rotatable bonds is 2. The Hall–Kier alpha value is -3.29. The van der Waals surface area contributed by atoms with E-state index >= 15 is 0 Å². The molecule has 0 radical (unpaired) electrons. The van der Waals surface area contributed by atoms with Crippen LogP contribution in [0.4, 0.5) is 0 Å². The van der Waals surface area contributed by atoms with E-state index in [1.54, 1.807) is 30.5 Å². The average Bonchev–Trinajstić information content (AvgIpc) is 3.09. The molecule has 108 valence electrons. The highest BCUT2D eigenvalue weighted by Gasteiger charge is 2.15. The summed E-state index contributed by atoms with van der Waals surface area (Å²) in [6.45, 7) is 0. The average molecular weight is 295 g/mol. The lowest BCUT2D eigenvalue weighted by molar-refractivity contribution is 0.411. The Labute approximate surface area is 122 Å². The number of ether oxygens (including phenoxy) is 1. The van der Waals surface area contributed by atoms with Crippen LogP contribution in [0.2, 0.25) is 0 Å². The standard InChI is InChI=1S/C14H9N5O3/c1-21-10-6-7(13-16-18-19-17-13)5-9-11(20)8-3-2-4-15-14(8)22-12(9)10/h2-6H,1H3,(H,16,17,18,19). The minimum atomic E-state index is -0.183. The molecule has 0 saturated heterocycles. The van der Waals surface area contributed by atoms with E-state index in [9.17, 15) is 4.79 Å². The molecule has 0 saturated carbocycles. The maximum absolute atomic E-state index is 12.7. The number of aromatic nitrogens is 5. The van der Waals surface area contributed by atoms with E-state index in [2.05, 4.69) is 25.6 Å². The van der Waals surface area contributed by atoms with Crippen molar-refractivity contribution in [3.8, 4) is 17.1 Å². The van der Waals surface area contributed by atoms with Crippen molar-refractivity contribution in [3.63, 3.8) is 0 Å². The molecule has 0 amide bonds. The largest absolute Gasteiger partial charge is 0.493 e. The van der Waals surface area contributed by atoms with Crippen LogP contribution in [-0.4, -0.2) is 32.7 Å². The topological polar surface area (TPSA) is 107 Å². The second-order valence-electron chi connectivity index (χ2n) is 4.59. The van der Waals surface area contributed by atoms with Gasteiger partial charge in [-0.3, -0.25) is 4.79 Å². The predicted molar refractivity (Wildman–Crippen MR) is 77.5 cm³/mol. The number of nitrogens with one attached hydrogen (secondary N) is 1. The number of tetrazole rings is 1. The molecule has 3 heterocycles. The molecule has 0 aliphatic heterocycles. The molecule has 0 aliphatic rings. The van der Waals surface area contributed by atoms with Gasteiger partial charge < -0.3 is 9.15 Å². The zero-order valence-electron chi connectivity index (χ0n) is 11.4. The molecule has 8 nitrogen and oxygen atoms in total. The van der Waals surface area contributed by atoms with Gasteiger partial charge in [0.1, 0.15) is 0 Å².